The SMILES string of the molecule is C[C@H]1C[NH+](CC(=O)Nc2ccc(C(F)(F)F)cc2)C[C@H](C)O1. The molecule has 0 bridgehead atoms. The van der Waals surface area contributed by atoms with Gasteiger partial charge in [-0.05, 0) is 38.1 Å². The molecule has 2 N–H and O–H groups in total. The molecule has 0 radical (unpaired) electrons. The summed E-state index contributed by atoms with van der Waals surface area (Å²) in [6, 6.07) is 4.45. The van der Waals surface area contributed by atoms with Gasteiger partial charge >= 0.3 is 6.18 Å². The number of nitrogens with one attached hydrogen (secondary N) is 2. The molecule has 4 nitrogen and oxygen atoms in total. The molecular weight excluding hydrogens is 297 g/mol. The summed E-state index contributed by atoms with van der Waals surface area (Å²) in [4.78, 5) is 13.1. The summed E-state index contributed by atoms with van der Waals surface area (Å²) in [5, 5.41) is 2.63. The molecule has 1 aliphatic heterocycles. The molecule has 122 valence electrons. The van der Waals surface area contributed by atoms with E-state index in [0.717, 1.165) is 30.1 Å². The Balaban J connectivity index is 1.89. The number of anilines is 1. The van der Waals surface area contributed by atoms with Crippen LogP contribution in [-0.4, -0.2) is 37.7 Å². The van der Waals surface area contributed by atoms with Crippen LogP contribution in [-0.2, 0) is 15.7 Å². The van der Waals surface area contributed by atoms with Crippen molar-refractivity contribution in [3.63, 3.8) is 0 Å². The van der Waals surface area contributed by atoms with Crippen molar-refractivity contribution >= 4 is 11.6 Å². The first-order valence-electron chi connectivity index (χ1n) is 7.20. The summed E-state index contributed by atoms with van der Waals surface area (Å²) < 4.78 is 43.0. The van der Waals surface area contributed by atoms with Crippen LogP contribution in [0.2, 0.25) is 0 Å². The maximum atomic E-state index is 12.5. The van der Waals surface area contributed by atoms with Gasteiger partial charge in [0.25, 0.3) is 5.91 Å². The second kappa shape index (κ2) is 6.66. The topological polar surface area (TPSA) is 42.8 Å². The maximum absolute atomic E-state index is 12.5. The molecule has 2 atom stereocenters. The largest absolute Gasteiger partial charge is 0.416 e. The average Bonchev–Trinajstić information content (AvgIpc) is 2.36. The molecule has 2 rings (SSSR count). The maximum Gasteiger partial charge on any atom is 0.416 e. The van der Waals surface area contributed by atoms with Crippen LogP contribution >= 0.6 is 0 Å². The molecule has 7 heteroatoms. The summed E-state index contributed by atoms with van der Waals surface area (Å²) in [5.74, 6) is -0.212. The first-order valence-corrected chi connectivity index (χ1v) is 7.20. The third-order valence-corrected chi connectivity index (χ3v) is 3.52. The summed E-state index contributed by atoms with van der Waals surface area (Å²) in [6.07, 6.45) is -4.18. The molecule has 0 aliphatic carbocycles. The van der Waals surface area contributed by atoms with Gasteiger partial charge in [0, 0.05) is 5.69 Å². The minimum absolute atomic E-state index is 0.0950. The average molecular weight is 317 g/mol. The Bertz CT molecular complexity index is 507. The second-order valence-corrected chi connectivity index (χ2v) is 5.72. The van der Waals surface area contributed by atoms with Gasteiger partial charge in [0.05, 0.1) is 5.56 Å². The molecule has 22 heavy (non-hydrogen) atoms. The van der Waals surface area contributed by atoms with E-state index in [1.165, 1.54) is 12.1 Å². The number of benzene rings is 1. The Labute approximate surface area is 127 Å². The van der Waals surface area contributed by atoms with E-state index in [9.17, 15) is 18.0 Å². The number of carbonyl (C=O) groups is 1. The summed E-state index contributed by atoms with van der Waals surface area (Å²) in [5.41, 5.74) is -0.362. The number of hydrogen-bond donors (Lipinski definition) is 2. The van der Waals surface area contributed by atoms with Gasteiger partial charge in [0.1, 0.15) is 25.3 Å². The van der Waals surface area contributed by atoms with Crippen molar-refractivity contribution in [1.29, 1.82) is 0 Å². The van der Waals surface area contributed by atoms with Gasteiger partial charge < -0.3 is 15.0 Å². The van der Waals surface area contributed by atoms with E-state index in [1.807, 2.05) is 13.8 Å². The van der Waals surface area contributed by atoms with E-state index in [4.69, 9.17) is 4.74 Å². The number of hydrogen-bond acceptors (Lipinski definition) is 2. The van der Waals surface area contributed by atoms with Crippen LogP contribution < -0.4 is 10.2 Å². The molecule has 0 spiro atoms. The highest BCUT2D eigenvalue weighted by Crippen LogP contribution is 2.29. The van der Waals surface area contributed by atoms with E-state index < -0.39 is 11.7 Å². The lowest BCUT2D eigenvalue weighted by Gasteiger charge is -2.31. The number of amides is 1. The van der Waals surface area contributed by atoms with E-state index in [2.05, 4.69) is 5.32 Å². The van der Waals surface area contributed by atoms with Crippen molar-refractivity contribution in [1.82, 2.24) is 0 Å². The number of rotatable bonds is 3. The predicted octanol–water partition coefficient (Wildman–Crippen LogP) is 1.34. The number of morpholine rings is 1. The van der Waals surface area contributed by atoms with Crippen LogP contribution in [0.25, 0.3) is 0 Å². The normalized spacial score (nSPS) is 25.8. The molecule has 1 heterocycles. The zero-order chi connectivity index (χ0) is 16.3. The van der Waals surface area contributed by atoms with Gasteiger partial charge in [0.15, 0.2) is 6.54 Å². The molecule has 0 saturated carbocycles. The first-order chi connectivity index (χ1) is 10.2. The minimum atomic E-state index is -4.37. The van der Waals surface area contributed by atoms with Crippen molar-refractivity contribution in [2.75, 3.05) is 25.0 Å². The number of carbonyl (C=O) groups excluding carboxylic acids is 1. The zero-order valence-corrected chi connectivity index (χ0v) is 12.5. The Morgan fingerprint density at radius 2 is 1.77 bits per heavy atom. The quantitative estimate of drug-likeness (QED) is 0.883. The first kappa shape index (κ1) is 16.8. The van der Waals surface area contributed by atoms with Crippen molar-refractivity contribution in [3.05, 3.63) is 29.8 Å². The highest BCUT2D eigenvalue weighted by Gasteiger charge is 2.30. The number of quaternary nitrogens is 1. The number of halogens is 3. The molecule has 1 aromatic carbocycles. The van der Waals surface area contributed by atoms with Crippen molar-refractivity contribution in [3.8, 4) is 0 Å². The third kappa shape index (κ3) is 4.71. The highest BCUT2D eigenvalue weighted by atomic mass is 19.4. The molecular formula is C15H20F3N2O2+. The van der Waals surface area contributed by atoms with E-state index in [-0.39, 0.29) is 24.7 Å². The van der Waals surface area contributed by atoms with Crippen LogP contribution in [0.15, 0.2) is 24.3 Å². The molecule has 0 unspecified atom stereocenters. The molecule has 1 aliphatic rings. The zero-order valence-electron chi connectivity index (χ0n) is 12.5. The van der Waals surface area contributed by atoms with Crippen LogP contribution in [0.4, 0.5) is 18.9 Å². The van der Waals surface area contributed by atoms with Gasteiger partial charge in [0.2, 0.25) is 0 Å². The Hall–Kier alpha value is -1.60. The monoisotopic (exact) mass is 317 g/mol. The van der Waals surface area contributed by atoms with Crippen LogP contribution in [0.5, 0.6) is 0 Å². The van der Waals surface area contributed by atoms with Crippen molar-refractivity contribution < 1.29 is 27.6 Å². The standard InChI is InChI=1S/C15H19F3N2O2/c1-10-7-20(8-11(2)22-10)9-14(21)19-13-5-3-12(4-6-13)15(16,17)18/h3-6,10-11H,7-9H2,1-2H3,(H,19,21)/p+1/t10-,11-/m0/s1. The summed E-state index contributed by atoms with van der Waals surface area (Å²) in [7, 11) is 0. The predicted molar refractivity (Wildman–Crippen MR) is 75.6 cm³/mol. The number of alkyl halides is 3. The Morgan fingerprint density at radius 3 is 2.27 bits per heavy atom. The lowest BCUT2D eigenvalue weighted by molar-refractivity contribution is -0.907. The summed E-state index contributed by atoms with van der Waals surface area (Å²) >= 11 is 0. The lowest BCUT2D eigenvalue weighted by atomic mass is 10.2. The van der Waals surface area contributed by atoms with Gasteiger partial charge in [-0.15, -0.1) is 0 Å². The smallest absolute Gasteiger partial charge is 0.364 e. The highest BCUT2D eigenvalue weighted by molar-refractivity contribution is 5.91. The van der Waals surface area contributed by atoms with Gasteiger partial charge in [-0.25, -0.2) is 0 Å². The fraction of sp³-hybridized carbons (Fsp3) is 0.533. The van der Waals surface area contributed by atoms with Crippen LogP contribution in [0, 0.1) is 0 Å². The third-order valence-electron chi connectivity index (χ3n) is 3.52. The Morgan fingerprint density at radius 1 is 1.23 bits per heavy atom. The molecule has 1 aromatic rings. The van der Waals surface area contributed by atoms with Gasteiger partial charge in [-0.3, -0.25) is 4.79 Å². The lowest BCUT2D eigenvalue weighted by Crippen LogP contribution is -3.16. The Kier molecular flexibility index (Phi) is 5.08. The van der Waals surface area contributed by atoms with E-state index in [0.29, 0.717) is 5.69 Å². The fourth-order valence-corrected chi connectivity index (χ4v) is 2.71. The van der Waals surface area contributed by atoms with Crippen molar-refractivity contribution in [2.45, 2.75) is 32.2 Å². The molecule has 0 aromatic heterocycles. The van der Waals surface area contributed by atoms with Crippen LogP contribution in [0.3, 0.4) is 0 Å². The van der Waals surface area contributed by atoms with E-state index >= 15 is 0 Å². The van der Waals surface area contributed by atoms with E-state index in [1.54, 1.807) is 0 Å². The fourth-order valence-electron chi connectivity index (χ4n) is 2.71. The molecule has 1 saturated heterocycles. The second-order valence-electron chi connectivity index (χ2n) is 5.72. The molecule has 1 fully saturated rings. The van der Waals surface area contributed by atoms with Crippen LogP contribution in [0.1, 0.15) is 19.4 Å². The minimum Gasteiger partial charge on any atom is -0.364 e. The van der Waals surface area contributed by atoms with Gasteiger partial charge in [-0.1, -0.05) is 0 Å². The van der Waals surface area contributed by atoms with Gasteiger partial charge in [-0.2, -0.15) is 13.2 Å². The summed E-state index contributed by atoms with van der Waals surface area (Å²) in [6.45, 7) is 5.68. The van der Waals surface area contributed by atoms with Crippen molar-refractivity contribution in [2.24, 2.45) is 0 Å². The molecule has 1 amide bonds. The number of ether oxygens (including phenoxy) is 1.